The summed E-state index contributed by atoms with van der Waals surface area (Å²) in [6, 6.07) is 28.6. The van der Waals surface area contributed by atoms with Gasteiger partial charge in [0.15, 0.2) is 0 Å². The quantitative estimate of drug-likeness (QED) is 0.142. The number of unbranched alkanes of at least 4 members (excludes halogenated alkanes) is 3. The lowest BCUT2D eigenvalue weighted by atomic mass is 10.1. The van der Waals surface area contributed by atoms with Crippen LogP contribution in [0.25, 0.3) is 21.7 Å². The van der Waals surface area contributed by atoms with Crippen LogP contribution in [0.1, 0.15) is 38.2 Å². The number of anilines is 1. The van der Waals surface area contributed by atoms with Crippen molar-refractivity contribution in [3.05, 3.63) is 90.5 Å². The van der Waals surface area contributed by atoms with Gasteiger partial charge in [0.25, 0.3) is 0 Å². The van der Waals surface area contributed by atoms with E-state index in [0.29, 0.717) is 0 Å². The monoisotopic (exact) mass is 455 g/mol. The number of nitrogens with zero attached hydrogens (tertiary/aromatic N) is 2. The van der Waals surface area contributed by atoms with Gasteiger partial charge in [0, 0.05) is 5.56 Å². The number of aromatic nitrogens is 1. The van der Waals surface area contributed by atoms with Crippen LogP contribution in [-0.2, 0) is 0 Å². The van der Waals surface area contributed by atoms with Gasteiger partial charge in [-0.2, -0.15) is 5.10 Å². The maximum absolute atomic E-state index is 5.81. The van der Waals surface area contributed by atoms with Crippen molar-refractivity contribution in [3.8, 4) is 27.4 Å². The molecule has 0 aliphatic heterocycles. The van der Waals surface area contributed by atoms with Crippen LogP contribution in [0.4, 0.5) is 5.13 Å². The van der Waals surface area contributed by atoms with E-state index in [2.05, 4.69) is 41.7 Å². The molecule has 4 rings (SSSR count). The summed E-state index contributed by atoms with van der Waals surface area (Å²) in [5.41, 5.74) is 7.32. The van der Waals surface area contributed by atoms with E-state index in [1.807, 2.05) is 60.7 Å². The van der Waals surface area contributed by atoms with Gasteiger partial charge in [-0.1, -0.05) is 98.2 Å². The number of nitrogens with one attached hydrogen (secondary N) is 1. The molecule has 0 radical (unpaired) electrons. The molecule has 168 valence electrons. The molecule has 0 spiro atoms. The number of rotatable bonds is 11. The molecule has 33 heavy (non-hydrogen) atoms. The normalized spacial score (nSPS) is 11.1. The van der Waals surface area contributed by atoms with E-state index in [4.69, 9.17) is 9.72 Å². The number of benzene rings is 3. The van der Waals surface area contributed by atoms with E-state index in [9.17, 15) is 0 Å². The third-order valence-electron chi connectivity index (χ3n) is 5.23. The van der Waals surface area contributed by atoms with Crippen molar-refractivity contribution in [2.75, 3.05) is 12.0 Å². The largest absolute Gasteiger partial charge is 0.494 e. The minimum absolute atomic E-state index is 0.760. The van der Waals surface area contributed by atoms with Gasteiger partial charge in [-0.25, -0.2) is 4.98 Å². The summed E-state index contributed by atoms with van der Waals surface area (Å²) in [6.07, 6.45) is 6.64. The standard InChI is InChI=1S/C28H29N3OS/c1-2-3-4-11-20-32-25-18-16-22(17-19-25)21-29-31-28-30-26(23-12-7-5-8-13-23)27(33-28)24-14-9-6-10-15-24/h5-10,12-19,21H,2-4,11,20H2,1H3,(H,30,31)/b29-21-. The second-order valence-corrected chi connectivity index (χ2v) is 8.78. The van der Waals surface area contributed by atoms with Crippen LogP contribution in [0.15, 0.2) is 90.0 Å². The van der Waals surface area contributed by atoms with E-state index in [1.165, 1.54) is 19.3 Å². The molecule has 5 heteroatoms. The van der Waals surface area contributed by atoms with Crippen LogP contribution in [0, 0.1) is 0 Å². The second-order valence-electron chi connectivity index (χ2n) is 7.78. The second kappa shape index (κ2) is 12.0. The van der Waals surface area contributed by atoms with Crippen molar-refractivity contribution in [3.63, 3.8) is 0 Å². The summed E-state index contributed by atoms with van der Waals surface area (Å²) in [7, 11) is 0. The maximum Gasteiger partial charge on any atom is 0.204 e. The van der Waals surface area contributed by atoms with Crippen molar-refractivity contribution < 1.29 is 4.74 Å². The molecule has 4 aromatic rings. The fraction of sp³-hybridized carbons (Fsp3) is 0.214. The van der Waals surface area contributed by atoms with Crippen LogP contribution < -0.4 is 10.2 Å². The molecule has 3 aromatic carbocycles. The van der Waals surface area contributed by atoms with E-state index in [1.54, 1.807) is 17.6 Å². The van der Waals surface area contributed by atoms with Crippen molar-refractivity contribution in [2.45, 2.75) is 32.6 Å². The zero-order valence-electron chi connectivity index (χ0n) is 18.9. The van der Waals surface area contributed by atoms with Gasteiger partial charge in [0.2, 0.25) is 5.13 Å². The van der Waals surface area contributed by atoms with Gasteiger partial charge in [0.1, 0.15) is 5.75 Å². The first-order valence-corrected chi connectivity index (χ1v) is 12.3. The molecule has 0 amide bonds. The third-order valence-corrected chi connectivity index (χ3v) is 6.24. The molecular formula is C28H29N3OS. The Labute approximate surface area is 200 Å². The van der Waals surface area contributed by atoms with E-state index in [0.717, 1.165) is 51.2 Å². The van der Waals surface area contributed by atoms with Crippen LogP contribution in [-0.4, -0.2) is 17.8 Å². The van der Waals surface area contributed by atoms with Gasteiger partial charge in [0.05, 0.1) is 23.4 Å². The van der Waals surface area contributed by atoms with Crippen molar-refractivity contribution >= 4 is 22.7 Å². The van der Waals surface area contributed by atoms with Crippen LogP contribution in [0.2, 0.25) is 0 Å². The number of hydrogen-bond acceptors (Lipinski definition) is 5. The van der Waals surface area contributed by atoms with Crippen LogP contribution >= 0.6 is 11.3 Å². The zero-order valence-corrected chi connectivity index (χ0v) is 19.7. The highest BCUT2D eigenvalue weighted by Gasteiger charge is 2.14. The lowest BCUT2D eigenvalue weighted by molar-refractivity contribution is 0.305. The van der Waals surface area contributed by atoms with Crippen LogP contribution in [0.5, 0.6) is 5.75 Å². The third kappa shape index (κ3) is 6.53. The summed E-state index contributed by atoms with van der Waals surface area (Å²) in [6.45, 7) is 2.99. The Morgan fingerprint density at radius 2 is 1.55 bits per heavy atom. The Bertz CT molecular complexity index is 1080. The first-order chi connectivity index (χ1) is 16.3. The van der Waals surface area contributed by atoms with Gasteiger partial charge in [-0.15, -0.1) is 0 Å². The fourth-order valence-corrected chi connectivity index (χ4v) is 4.42. The van der Waals surface area contributed by atoms with E-state index in [-0.39, 0.29) is 0 Å². The minimum atomic E-state index is 0.760. The smallest absolute Gasteiger partial charge is 0.204 e. The Morgan fingerprint density at radius 3 is 2.24 bits per heavy atom. The molecule has 0 saturated carbocycles. The molecule has 0 aliphatic carbocycles. The average molecular weight is 456 g/mol. The average Bonchev–Trinajstić information content (AvgIpc) is 3.30. The first-order valence-electron chi connectivity index (χ1n) is 11.5. The Hall–Kier alpha value is -3.44. The number of hydrazone groups is 1. The lowest BCUT2D eigenvalue weighted by Gasteiger charge is -2.05. The molecule has 0 aliphatic rings. The van der Waals surface area contributed by atoms with Crippen molar-refractivity contribution in [1.29, 1.82) is 0 Å². The molecule has 0 unspecified atom stereocenters. The van der Waals surface area contributed by atoms with Crippen molar-refractivity contribution in [2.24, 2.45) is 5.10 Å². The fourth-order valence-electron chi connectivity index (χ4n) is 3.48. The number of ether oxygens (including phenoxy) is 1. The topological polar surface area (TPSA) is 46.5 Å². The Kier molecular flexibility index (Phi) is 8.25. The predicted molar refractivity (Wildman–Crippen MR) is 140 cm³/mol. The summed E-state index contributed by atoms with van der Waals surface area (Å²) in [4.78, 5) is 5.96. The lowest BCUT2D eigenvalue weighted by Crippen LogP contribution is -1.97. The Morgan fingerprint density at radius 1 is 0.848 bits per heavy atom. The highest BCUT2D eigenvalue weighted by Crippen LogP contribution is 2.38. The van der Waals surface area contributed by atoms with E-state index < -0.39 is 0 Å². The van der Waals surface area contributed by atoms with Crippen molar-refractivity contribution in [1.82, 2.24) is 4.98 Å². The maximum atomic E-state index is 5.81. The van der Waals surface area contributed by atoms with Gasteiger partial charge in [-0.05, 0) is 41.8 Å². The summed E-state index contributed by atoms with van der Waals surface area (Å²) in [5, 5.41) is 5.17. The molecule has 0 saturated heterocycles. The molecule has 0 atom stereocenters. The number of hydrogen-bond donors (Lipinski definition) is 1. The highest BCUT2D eigenvalue weighted by molar-refractivity contribution is 7.19. The molecule has 1 heterocycles. The SMILES string of the molecule is CCCCCCOc1ccc(/C=N\Nc2nc(-c3ccccc3)c(-c3ccccc3)s2)cc1. The Balaban J connectivity index is 1.41. The van der Waals surface area contributed by atoms with E-state index >= 15 is 0 Å². The molecule has 0 bridgehead atoms. The molecular weight excluding hydrogens is 426 g/mol. The first kappa shape index (κ1) is 22.7. The minimum Gasteiger partial charge on any atom is -0.494 e. The summed E-state index contributed by atoms with van der Waals surface area (Å²) in [5.74, 6) is 0.900. The summed E-state index contributed by atoms with van der Waals surface area (Å²) >= 11 is 1.60. The molecule has 4 nitrogen and oxygen atoms in total. The zero-order chi connectivity index (χ0) is 22.7. The van der Waals surface area contributed by atoms with Gasteiger partial charge < -0.3 is 4.74 Å². The summed E-state index contributed by atoms with van der Waals surface area (Å²) < 4.78 is 5.81. The molecule has 1 aromatic heterocycles. The van der Waals surface area contributed by atoms with Gasteiger partial charge in [-0.3, -0.25) is 5.43 Å². The molecule has 1 N–H and O–H groups in total. The number of thiazole rings is 1. The van der Waals surface area contributed by atoms with Gasteiger partial charge >= 0.3 is 0 Å². The molecule has 0 fully saturated rings. The highest BCUT2D eigenvalue weighted by atomic mass is 32.1. The predicted octanol–water partition coefficient (Wildman–Crippen LogP) is 7.88. The van der Waals surface area contributed by atoms with Crippen LogP contribution in [0.3, 0.4) is 0 Å².